The zero-order valence-electron chi connectivity index (χ0n) is 11.9. The van der Waals surface area contributed by atoms with Gasteiger partial charge in [-0.2, -0.15) is 0 Å². The summed E-state index contributed by atoms with van der Waals surface area (Å²) in [6.45, 7) is 3.65. The molecule has 4 bridgehead atoms. The summed E-state index contributed by atoms with van der Waals surface area (Å²) in [5, 5.41) is 10.3. The third-order valence-corrected chi connectivity index (χ3v) is 5.83. The maximum atomic E-state index is 12.3. The first kappa shape index (κ1) is 13.6. The predicted molar refractivity (Wildman–Crippen MR) is 71.0 cm³/mol. The Balaban J connectivity index is 1.78. The second-order valence-corrected chi connectivity index (χ2v) is 6.60. The molecule has 2 aliphatic heterocycles. The van der Waals surface area contributed by atoms with Crippen LogP contribution in [-0.2, 0) is 14.3 Å². The van der Waals surface area contributed by atoms with Crippen molar-refractivity contribution in [2.24, 2.45) is 28.9 Å². The van der Waals surface area contributed by atoms with Gasteiger partial charge in [-0.25, -0.2) is 0 Å². The molecule has 5 nitrogen and oxygen atoms in total. The summed E-state index contributed by atoms with van der Waals surface area (Å²) >= 11 is 0. The van der Waals surface area contributed by atoms with Gasteiger partial charge in [-0.05, 0) is 38.0 Å². The van der Waals surface area contributed by atoms with E-state index in [2.05, 4.69) is 0 Å². The summed E-state index contributed by atoms with van der Waals surface area (Å²) in [7, 11) is 0. The molecule has 0 aromatic rings. The van der Waals surface area contributed by atoms with Crippen molar-refractivity contribution in [1.82, 2.24) is 0 Å². The van der Waals surface area contributed by atoms with Gasteiger partial charge in [-0.3, -0.25) is 9.59 Å². The van der Waals surface area contributed by atoms with Crippen molar-refractivity contribution < 1.29 is 19.4 Å². The van der Waals surface area contributed by atoms with Crippen molar-refractivity contribution in [2.75, 3.05) is 0 Å². The second kappa shape index (κ2) is 4.07. The molecular weight excluding hydrogens is 258 g/mol. The molecule has 5 atom stereocenters. The van der Waals surface area contributed by atoms with Crippen molar-refractivity contribution in [2.45, 2.75) is 45.3 Å². The molecule has 0 radical (unpaired) electrons. The van der Waals surface area contributed by atoms with Crippen LogP contribution in [0.1, 0.15) is 39.5 Å². The minimum Gasteiger partial charge on any atom is -0.433 e. The summed E-state index contributed by atoms with van der Waals surface area (Å²) in [5.41, 5.74) is 5.28. The summed E-state index contributed by atoms with van der Waals surface area (Å²) in [6, 6.07) is 0. The number of aliphatic hydroxyl groups is 1. The zero-order chi connectivity index (χ0) is 14.7. The molecule has 20 heavy (non-hydrogen) atoms. The van der Waals surface area contributed by atoms with Crippen LogP contribution in [-0.4, -0.2) is 22.8 Å². The van der Waals surface area contributed by atoms with Gasteiger partial charge in [0.1, 0.15) is 0 Å². The minimum atomic E-state index is -1.24. The average Bonchev–Trinajstić information content (AvgIpc) is 2.34. The van der Waals surface area contributed by atoms with Crippen LogP contribution in [0.3, 0.4) is 0 Å². The number of esters is 1. The van der Waals surface area contributed by atoms with Crippen LogP contribution in [0.25, 0.3) is 0 Å². The zero-order valence-corrected chi connectivity index (χ0v) is 11.9. The lowest BCUT2D eigenvalue weighted by Gasteiger charge is -2.68. The number of carbonyl (C=O) groups is 2. The Hall–Kier alpha value is -1.36. The van der Waals surface area contributed by atoms with Crippen molar-refractivity contribution >= 4 is 11.9 Å². The highest BCUT2D eigenvalue weighted by molar-refractivity contribution is 5.91. The Morgan fingerprint density at radius 1 is 1.60 bits per heavy atom. The lowest BCUT2D eigenvalue weighted by Crippen LogP contribution is -2.73. The highest BCUT2D eigenvalue weighted by Gasteiger charge is 2.74. The Morgan fingerprint density at radius 3 is 2.85 bits per heavy atom. The van der Waals surface area contributed by atoms with Gasteiger partial charge in [0.05, 0.1) is 5.41 Å². The van der Waals surface area contributed by atoms with Gasteiger partial charge in [0.2, 0.25) is 11.7 Å². The van der Waals surface area contributed by atoms with Crippen LogP contribution in [0.5, 0.6) is 0 Å². The number of ether oxygens (including phenoxy) is 1. The number of primary amides is 1. The van der Waals surface area contributed by atoms with Gasteiger partial charge in [0.25, 0.3) is 0 Å². The smallest absolute Gasteiger partial charge is 0.315 e. The largest absolute Gasteiger partial charge is 0.433 e. The van der Waals surface area contributed by atoms with Gasteiger partial charge in [-0.1, -0.05) is 13.0 Å². The van der Waals surface area contributed by atoms with Crippen LogP contribution < -0.4 is 5.73 Å². The van der Waals surface area contributed by atoms with Crippen LogP contribution >= 0.6 is 0 Å². The lowest BCUT2D eigenvalue weighted by atomic mass is 9.40. The van der Waals surface area contributed by atoms with E-state index in [-0.39, 0.29) is 23.7 Å². The first-order valence-corrected chi connectivity index (χ1v) is 7.23. The van der Waals surface area contributed by atoms with Gasteiger partial charge in [0, 0.05) is 17.9 Å². The molecule has 3 aliphatic carbocycles. The summed E-state index contributed by atoms with van der Waals surface area (Å²) in [4.78, 5) is 23.3. The van der Waals surface area contributed by atoms with Gasteiger partial charge in [0.15, 0.2) is 0 Å². The maximum Gasteiger partial charge on any atom is 0.315 e. The molecule has 5 fully saturated rings. The molecule has 110 valence electrons. The number of rotatable bonds is 4. The third kappa shape index (κ3) is 1.53. The predicted octanol–water partition coefficient (Wildman–Crippen LogP) is 1.11. The molecule has 0 spiro atoms. The number of nitrogens with two attached hydrogens (primary N) is 1. The molecule has 1 amide bonds. The van der Waals surface area contributed by atoms with E-state index in [1.54, 1.807) is 13.0 Å². The maximum absolute atomic E-state index is 12.3. The number of amides is 1. The number of fused-ring (bicyclic) bond motifs is 1. The topological polar surface area (TPSA) is 89.6 Å². The number of hydrogen-bond donors (Lipinski definition) is 2. The fourth-order valence-electron chi connectivity index (χ4n) is 4.47. The molecule has 5 aliphatic rings. The average molecular weight is 279 g/mol. The molecule has 5 rings (SSSR count). The quantitative estimate of drug-likeness (QED) is 0.596. The van der Waals surface area contributed by atoms with Crippen molar-refractivity contribution in [1.29, 1.82) is 0 Å². The van der Waals surface area contributed by atoms with Crippen LogP contribution in [0.2, 0.25) is 0 Å². The molecule has 3 N–H and O–H groups in total. The molecule has 0 aromatic carbocycles. The molecule has 2 heterocycles. The van der Waals surface area contributed by atoms with E-state index in [0.717, 1.165) is 6.42 Å². The van der Waals surface area contributed by atoms with Crippen molar-refractivity contribution in [3.8, 4) is 0 Å². The molecule has 5 heteroatoms. The van der Waals surface area contributed by atoms with Gasteiger partial charge in [-0.15, -0.1) is 0 Å². The Labute approximate surface area is 118 Å². The number of carbonyl (C=O) groups excluding carboxylic acids is 2. The molecule has 3 saturated carbocycles. The SMILES string of the molecule is C/C(=C\CC[C@]12C(=O)O[C@]3(O)C[C@H]1C[C@H]2[C@@H]3C)C(N)=O. The van der Waals surface area contributed by atoms with Gasteiger partial charge < -0.3 is 15.6 Å². The molecule has 0 aromatic heterocycles. The van der Waals surface area contributed by atoms with E-state index in [4.69, 9.17) is 10.5 Å². The fourth-order valence-corrected chi connectivity index (χ4v) is 4.47. The third-order valence-electron chi connectivity index (χ3n) is 5.83. The van der Waals surface area contributed by atoms with E-state index in [9.17, 15) is 14.7 Å². The lowest BCUT2D eigenvalue weighted by molar-refractivity contribution is -0.355. The number of allylic oxidation sites excluding steroid dienone is 1. The van der Waals surface area contributed by atoms with E-state index in [1.165, 1.54) is 0 Å². The van der Waals surface area contributed by atoms with E-state index in [1.807, 2.05) is 6.92 Å². The number of hydrogen-bond acceptors (Lipinski definition) is 4. The molecule has 0 unspecified atom stereocenters. The molecular formula is C15H21NO4. The van der Waals surface area contributed by atoms with Crippen molar-refractivity contribution in [3.63, 3.8) is 0 Å². The summed E-state index contributed by atoms with van der Waals surface area (Å²) in [5.74, 6) is -1.51. The van der Waals surface area contributed by atoms with Crippen molar-refractivity contribution in [3.05, 3.63) is 11.6 Å². The highest BCUT2D eigenvalue weighted by Crippen LogP contribution is 2.70. The van der Waals surface area contributed by atoms with E-state index < -0.39 is 17.1 Å². The Morgan fingerprint density at radius 2 is 2.30 bits per heavy atom. The highest BCUT2D eigenvalue weighted by atomic mass is 16.7. The second-order valence-electron chi connectivity index (χ2n) is 6.60. The normalized spacial score (nSPS) is 45.9. The molecule has 2 saturated heterocycles. The van der Waals surface area contributed by atoms with Crippen LogP contribution in [0, 0.1) is 23.2 Å². The van der Waals surface area contributed by atoms with Crippen LogP contribution in [0.15, 0.2) is 11.6 Å². The van der Waals surface area contributed by atoms with E-state index in [0.29, 0.717) is 24.8 Å². The Bertz CT molecular complexity index is 514. The monoisotopic (exact) mass is 279 g/mol. The standard InChI is InChI=1S/C15H21NO4/c1-8(12(16)17)4-3-5-14-10-6-11(14)9(2)15(19,7-10)20-13(14)18/h4,9-11,19H,3,5-7H2,1-2H3,(H2,16,17)/b8-4+/t9-,10+,11-,14-,15+/m0/s1. The summed E-state index contributed by atoms with van der Waals surface area (Å²) < 4.78 is 5.30. The van der Waals surface area contributed by atoms with Crippen LogP contribution in [0.4, 0.5) is 0 Å². The van der Waals surface area contributed by atoms with Gasteiger partial charge >= 0.3 is 5.97 Å². The van der Waals surface area contributed by atoms with E-state index >= 15 is 0 Å². The summed E-state index contributed by atoms with van der Waals surface area (Å²) in [6.07, 6.45) is 4.66. The first-order valence-electron chi connectivity index (χ1n) is 7.23. The minimum absolute atomic E-state index is 0.00795. The Kier molecular flexibility index (Phi) is 2.77. The fraction of sp³-hybridized carbons (Fsp3) is 0.733. The first-order chi connectivity index (χ1) is 9.31.